The molecule has 0 saturated heterocycles. The van der Waals surface area contributed by atoms with Gasteiger partial charge in [-0.25, -0.2) is 0 Å². The predicted molar refractivity (Wildman–Crippen MR) is 114 cm³/mol. The lowest BCUT2D eigenvalue weighted by molar-refractivity contribution is 0.101. The lowest BCUT2D eigenvalue weighted by Gasteiger charge is -2.10. The van der Waals surface area contributed by atoms with Crippen LogP contribution in [0.2, 0.25) is 0 Å². The molecule has 0 aliphatic heterocycles. The number of rotatable bonds is 6. The molecule has 0 heterocycles. The van der Waals surface area contributed by atoms with Crippen LogP contribution in [-0.4, -0.2) is 18.4 Å². The highest BCUT2D eigenvalue weighted by Gasteiger charge is 2.10. The van der Waals surface area contributed by atoms with Crippen molar-refractivity contribution < 1.29 is 14.3 Å². The van der Waals surface area contributed by atoms with Gasteiger partial charge >= 0.3 is 0 Å². The maximum atomic E-state index is 12.4. The molecule has 0 unspecified atom stereocenters. The van der Waals surface area contributed by atoms with Crippen molar-refractivity contribution in [1.29, 1.82) is 0 Å². The predicted octanol–water partition coefficient (Wildman–Crippen LogP) is 5.35. The molecule has 0 aromatic heterocycles. The van der Waals surface area contributed by atoms with Crippen LogP contribution < -0.4 is 15.4 Å². The van der Waals surface area contributed by atoms with Crippen molar-refractivity contribution in [2.75, 3.05) is 17.2 Å². The van der Waals surface area contributed by atoms with E-state index in [0.29, 0.717) is 34.9 Å². The van der Waals surface area contributed by atoms with E-state index in [1.54, 1.807) is 54.6 Å². The highest BCUT2D eigenvalue weighted by atomic mass is 79.9. The van der Waals surface area contributed by atoms with Crippen LogP contribution in [-0.2, 0) is 0 Å². The van der Waals surface area contributed by atoms with Crippen LogP contribution in [0.15, 0.2) is 77.3 Å². The zero-order valence-electron chi connectivity index (χ0n) is 15.2. The van der Waals surface area contributed by atoms with Gasteiger partial charge in [-0.1, -0.05) is 18.2 Å². The van der Waals surface area contributed by atoms with Crippen molar-refractivity contribution >= 4 is 39.1 Å². The number of nitrogens with one attached hydrogen (secondary N) is 2. The third-order valence-corrected chi connectivity index (χ3v) is 4.62. The van der Waals surface area contributed by atoms with Gasteiger partial charge in [0.1, 0.15) is 5.75 Å². The van der Waals surface area contributed by atoms with Gasteiger partial charge in [0.05, 0.1) is 12.2 Å². The summed E-state index contributed by atoms with van der Waals surface area (Å²) in [4.78, 5) is 24.8. The maximum Gasteiger partial charge on any atom is 0.256 e. The van der Waals surface area contributed by atoms with Crippen molar-refractivity contribution in [3.8, 4) is 5.75 Å². The van der Waals surface area contributed by atoms with Crippen molar-refractivity contribution in [3.05, 3.63) is 88.4 Å². The van der Waals surface area contributed by atoms with Gasteiger partial charge in [0.15, 0.2) is 0 Å². The monoisotopic (exact) mass is 438 g/mol. The van der Waals surface area contributed by atoms with Crippen LogP contribution in [0.25, 0.3) is 0 Å². The van der Waals surface area contributed by atoms with Crippen molar-refractivity contribution in [2.24, 2.45) is 0 Å². The minimum absolute atomic E-state index is 0.211. The van der Waals surface area contributed by atoms with E-state index in [0.717, 1.165) is 4.47 Å². The SMILES string of the molecule is CCOc1cccc(C(=O)Nc2ccc(NC(=O)c3ccccc3Br)cc2)c1. The molecule has 0 saturated carbocycles. The Kier molecular flexibility index (Phi) is 6.45. The molecule has 2 N–H and O–H groups in total. The maximum absolute atomic E-state index is 12.4. The molecule has 28 heavy (non-hydrogen) atoms. The Balaban J connectivity index is 1.64. The van der Waals surface area contributed by atoms with Crippen LogP contribution in [0.3, 0.4) is 0 Å². The summed E-state index contributed by atoms with van der Waals surface area (Å²) >= 11 is 3.37. The Morgan fingerprint density at radius 1 is 0.857 bits per heavy atom. The molecule has 0 aliphatic rings. The minimum atomic E-state index is -0.230. The Labute approximate surface area is 171 Å². The summed E-state index contributed by atoms with van der Waals surface area (Å²) in [6.45, 7) is 2.43. The summed E-state index contributed by atoms with van der Waals surface area (Å²) in [5.41, 5.74) is 2.33. The molecular formula is C22H19BrN2O3. The first-order chi connectivity index (χ1) is 13.6. The summed E-state index contributed by atoms with van der Waals surface area (Å²) in [6, 6.07) is 21.2. The molecular weight excluding hydrogens is 420 g/mol. The lowest BCUT2D eigenvalue weighted by Crippen LogP contribution is -2.13. The van der Waals surface area contributed by atoms with Gasteiger partial charge in [-0.3, -0.25) is 9.59 Å². The summed E-state index contributed by atoms with van der Waals surface area (Å²) in [6.07, 6.45) is 0. The van der Waals surface area contributed by atoms with E-state index in [2.05, 4.69) is 26.6 Å². The van der Waals surface area contributed by atoms with E-state index < -0.39 is 0 Å². The number of hydrogen-bond donors (Lipinski definition) is 2. The smallest absolute Gasteiger partial charge is 0.256 e. The Morgan fingerprint density at radius 2 is 1.50 bits per heavy atom. The molecule has 0 spiro atoms. The third kappa shape index (κ3) is 4.98. The van der Waals surface area contributed by atoms with E-state index in [4.69, 9.17) is 4.74 Å². The molecule has 6 heteroatoms. The summed E-state index contributed by atoms with van der Waals surface area (Å²) in [5, 5.41) is 5.67. The molecule has 3 rings (SSSR count). The van der Waals surface area contributed by atoms with Crippen LogP contribution >= 0.6 is 15.9 Å². The Bertz CT molecular complexity index is 987. The van der Waals surface area contributed by atoms with Crippen LogP contribution in [0, 0.1) is 0 Å². The van der Waals surface area contributed by atoms with Crippen molar-refractivity contribution in [3.63, 3.8) is 0 Å². The first-order valence-electron chi connectivity index (χ1n) is 8.77. The van der Waals surface area contributed by atoms with E-state index in [-0.39, 0.29) is 11.8 Å². The largest absolute Gasteiger partial charge is 0.494 e. The molecule has 3 aromatic carbocycles. The van der Waals surface area contributed by atoms with Crippen molar-refractivity contribution in [1.82, 2.24) is 0 Å². The van der Waals surface area contributed by atoms with Gasteiger partial charge in [0.25, 0.3) is 11.8 Å². The number of anilines is 2. The number of halogens is 1. The Morgan fingerprint density at radius 3 is 2.14 bits per heavy atom. The zero-order chi connectivity index (χ0) is 19.9. The van der Waals surface area contributed by atoms with E-state index >= 15 is 0 Å². The number of amides is 2. The molecule has 0 atom stereocenters. The quantitative estimate of drug-likeness (QED) is 0.544. The molecule has 3 aromatic rings. The lowest BCUT2D eigenvalue weighted by atomic mass is 10.2. The molecule has 142 valence electrons. The first kappa shape index (κ1) is 19.6. The highest BCUT2D eigenvalue weighted by molar-refractivity contribution is 9.10. The average Bonchev–Trinajstić information content (AvgIpc) is 2.70. The van der Waals surface area contributed by atoms with Crippen molar-refractivity contribution in [2.45, 2.75) is 6.92 Å². The Hall–Kier alpha value is -3.12. The van der Waals surface area contributed by atoms with Gasteiger partial charge in [-0.2, -0.15) is 0 Å². The second-order valence-electron chi connectivity index (χ2n) is 5.93. The highest BCUT2D eigenvalue weighted by Crippen LogP contribution is 2.20. The fourth-order valence-electron chi connectivity index (χ4n) is 2.58. The molecule has 5 nitrogen and oxygen atoms in total. The van der Waals surface area contributed by atoms with Gasteiger partial charge in [-0.05, 0) is 77.5 Å². The molecule has 0 radical (unpaired) electrons. The topological polar surface area (TPSA) is 67.4 Å². The number of hydrogen-bond acceptors (Lipinski definition) is 3. The number of benzene rings is 3. The second-order valence-corrected chi connectivity index (χ2v) is 6.78. The van der Waals surface area contributed by atoms with Gasteiger partial charge < -0.3 is 15.4 Å². The minimum Gasteiger partial charge on any atom is -0.494 e. The molecule has 0 fully saturated rings. The third-order valence-electron chi connectivity index (χ3n) is 3.93. The second kappa shape index (κ2) is 9.19. The van der Waals surface area contributed by atoms with Crippen LogP contribution in [0.5, 0.6) is 5.75 Å². The number of carbonyl (C=O) groups excluding carboxylic acids is 2. The van der Waals surface area contributed by atoms with Crippen LogP contribution in [0.1, 0.15) is 27.6 Å². The standard InChI is InChI=1S/C22H19BrN2O3/c1-2-28-18-7-5-6-15(14-18)21(26)24-16-10-12-17(13-11-16)25-22(27)19-8-3-4-9-20(19)23/h3-14H,2H2,1H3,(H,24,26)(H,25,27). The molecule has 2 amide bonds. The normalized spacial score (nSPS) is 10.2. The average molecular weight is 439 g/mol. The summed E-state index contributed by atoms with van der Waals surface area (Å²) in [7, 11) is 0. The number of ether oxygens (including phenoxy) is 1. The van der Waals surface area contributed by atoms with Crippen LogP contribution in [0.4, 0.5) is 11.4 Å². The summed E-state index contributed by atoms with van der Waals surface area (Å²) in [5.74, 6) is 0.212. The fourth-order valence-corrected chi connectivity index (χ4v) is 3.04. The molecule has 0 bridgehead atoms. The zero-order valence-corrected chi connectivity index (χ0v) is 16.8. The van der Waals surface area contributed by atoms with E-state index in [1.165, 1.54) is 0 Å². The van der Waals surface area contributed by atoms with Gasteiger partial charge in [0.2, 0.25) is 0 Å². The van der Waals surface area contributed by atoms with E-state index in [1.807, 2.05) is 25.1 Å². The first-order valence-corrected chi connectivity index (χ1v) is 9.56. The van der Waals surface area contributed by atoms with E-state index in [9.17, 15) is 9.59 Å². The van der Waals surface area contributed by atoms with Gasteiger partial charge in [0, 0.05) is 21.4 Å². The fraction of sp³-hybridized carbons (Fsp3) is 0.0909. The summed E-state index contributed by atoms with van der Waals surface area (Å²) < 4.78 is 6.15. The number of carbonyl (C=O) groups is 2. The van der Waals surface area contributed by atoms with Gasteiger partial charge in [-0.15, -0.1) is 0 Å². The molecule has 0 aliphatic carbocycles.